The Morgan fingerprint density at radius 1 is 1.57 bits per heavy atom. The molecule has 2 heterocycles. The molecule has 2 aliphatic heterocycles. The number of carbonyl (C=O) groups is 2. The van der Waals surface area contributed by atoms with Crippen LogP contribution < -0.4 is 5.32 Å². The van der Waals surface area contributed by atoms with E-state index in [1.807, 2.05) is 6.92 Å². The summed E-state index contributed by atoms with van der Waals surface area (Å²) in [4.78, 5) is 24.0. The van der Waals surface area contributed by atoms with Gasteiger partial charge in [-0.05, 0) is 6.42 Å². The van der Waals surface area contributed by atoms with Gasteiger partial charge < -0.3 is 9.64 Å². The predicted octanol–water partition coefficient (Wildman–Crippen LogP) is 0.106. The van der Waals surface area contributed by atoms with Crippen molar-refractivity contribution in [3.63, 3.8) is 0 Å². The van der Waals surface area contributed by atoms with E-state index in [9.17, 15) is 9.59 Å². The molecule has 0 aromatic heterocycles. The average Bonchev–Trinajstić information content (AvgIpc) is 2.67. The van der Waals surface area contributed by atoms with Crippen LogP contribution in [0.2, 0.25) is 0 Å². The number of imide groups is 1. The van der Waals surface area contributed by atoms with Crippen molar-refractivity contribution in [2.75, 3.05) is 13.2 Å². The second kappa shape index (κ2) is 3.57. The molecule has 0 aliphatic carbocycles. The average molecular weight is 198 g/mol. The standard InChI is InChI=1S/C9H14N2O3/c1-2-3-14-6-4-7-8(12)10-9(13)11(7)5-6/h6-7H,2-5H2,1H3,(H,10,12,13)/t6-,7+/m1/s1. The van der Waals surface area contributed by atoms with Gasteiger partial charge in [0.15, 0.2) is 0 Å². The molecule has 2 aliphatic rings. The Bertz CT molecular complexity index is 245. The third-order valence-electron chi connectivity index (χ3n) is 2.61. The lowest BCUT2D eigenvalue weighted by atomic mass is 10.2. The van der Waals surface area contributed by atoms with Crippen molar-refractivity contribution >= 4 is 11.9 Å². The zero-order valence-corrected chi connectivity index (χ0v) is 8.16. The molecule has 0 bridgehead atoms. The van der Waals surface area contributed by atoms with Crippen molar-refractivity contribution in [3.05, 3.63) is 0 Å². The molecular weight excluding hydrogens is 184 g/mol. The molecule has 2 fully saturated rings. The third kappa shape index (κ3) is 1.48. The minimum absolute atomic E-state index is 0.0370. The van der Waals surface area contributed by atoms with Crippen molar-refractivity contribution in [1.29, 1.82) is 0 Å². The molecule has 0 unspecified atom stereocenters. The van der Waals surface area contributed by atoms with Gasteiger partial charge in [-0.1, -0.05) is 6.92 Å². The fourth-order valence-electron chi connectivity index (χ4n) is 1.94. The van der Waals surface area contributed by atoms with Crippen LogP contribution in [-0.2, 0) is 9.53 Å². The summed E-state index contributed by atoms with van der Waals surface area (Å²) in [5.41, 5.74) is 0. The zero-order valence-electron chi connectivity index (χ0n) is 8.16. The largest absolute Gasteiger partial charge is 0.376 e. The Kier molecular flexibility index (Phi) is 2.41. The number of urea groups is 1. The highest BCUT2D eigenvalue weighted by Crippen LogP contribution is 2.24. The first-order valence-corrected chi connectivity index (χ1v) is 4.95. The second-order valence-electron chi connectivity index (χ2n) is 3.69. The van der Waals surface area contributed by atoms with Crippen molar-refractivity contribution in [2.45, 2.75) is 31.9 Å². The van der Waals surface area contributed by atoms with E-state index in [0.29, 0.717) is 19.6 Å². The molecule has 14 heavy (non-hydrogen) atoms. The van der Waals surface area contributed by atoms with Crippen LogP contribution in [0.4, 0.5) is 4.79 Å². The molecule has 78 valence electrons. The topological polar surface area (TPSA) is 58.6 Å². The molecule has 0 spiro atoms. The molecule has 0 aromatic carbocycles. The number of nitrogens with zero attached hydrogens (tertiary/aromatic N) is 1. The number of fused-ring (bicyclic) bond motifs is 1. The molecule has 5 heteroatoms. The van der Waals surface area contributed by atoms with Gasteiger partial charge in [-0.3, -0.25) is 10.1 Å². The number of hydrogen-bond donors (Lipinski definition) is 1. The van der Waals surface area contributed by atoms with Crippen molar-refractivity contribution in [2.24, 2.45) is 0 Å². The first-order valence-electron chi connectivity index (χ1n) is 4.95. The van der Waals surface area contributed by atoms with Gasteiger partial charge in [0.25, 0.3) is 5.91 Å². The molecule has 2 saturated heterocycles. The van der Waals surface area contributed by atoms with E-state index in [1.54, 1.807) is 4.90 Å². The Hall–Kier alpha value is -1.10. The van der Waals surface area contributed by atoms with Crippen molar-refractivity contribution in [3.8, 4) is 0 Å². The van der Waals surface area contributed by atoms with Crippen LogP contribution in [0.3, 0.4) is 0 Å². The Morgan fingerprint density at radius 3 is 3.00 bits per heavy atom. The van der Waals surface area contributed by atoms with Gasteiger partial charge in [0.1, 0.15) is 6.04 Å². The van der Waals surface area contributed by atoms with Gasteiger partial charge in [0.05, 0.1) is 6.10 Å². The predicted molar refractivity (Wildman–Crippen MR) is 48.7 cm³/mol. The summed E-state index contributed by atoms with van der Waals surface area (Å²) in [5, 5.41) is 2.29. The second-order valence-corrected chi connectivity index (χ2v) is 3.69. The van der Waals surface area contributed by atoms with Gasteiger partial charge in [0.2, 0.25) is 0 Å². The van der Waals surface area contributed by atoms with E-state index in [0.717, 1.165) is 6.42 Å². The van der Waals surface area contributed by atoms with E-state index in [-0.39, 0.29) is 24.1 Å². The molecular formula is C9H14N2O3. The highest BCUT2D eigenvalue weighted by atomic mass is 16.5. The van der Waals surface area contributed by atoms with E-state index >= 15 is 0 Å². The van der Waals surface area contributed by atoms with Gasteiger partial charge in [-0.15, -0.1) is 0 Å². The highest BCUT2D eigenvalue weighted by Gasteiger charge is 2.45. The molecule has 0 saturated carbocycles. The quantitative estimate of drug-likeness (QED) is 0.654. The summed E-state index contributed by atoms with van der Waals surface area (Å²) >= 11 is 0. The summed E-state index contributed by atoms with van der Waals surface area (Å²) in [6.45, 7) is 3.28. The molecule has 5 nitrogen and oxygen atoms in total. The lowest BCUT2D eigenvalue weighted by molar-refractivity contribution is -0.121. The van der Waals surface area contributed by atoms with E-state index in [2.05, 4.69) is 5.32 Å². The Labute approximate surface area is 82.4 Å². The normalized spacial score (nSPS) is 30.8. The van der Waals surface area contributed by atoms with Gasteiger partial charge in [-0.25, -0.2) is 4.79 Å². The summed E-state index contributed by atoms with van der Waals surface area (Å²) in [7, 11) is 0. The van der Waals surface area contributed by atoms with E-state index in [4.69, 9.17) is 4.74 Å². The molecule has 2 rings (SSSR count). The molecule has 2 atom stereocenters. The lowest BCUT2D eigenvalue weighted by Crippen LogP contribution is -2.31. The smallest absolute Gasteiger partial charge is 0.324 e. The van der Waals surface area contributed by atoms with E-state index in [1.165, 1.54) is 0 Å². The van der Waals surface area contributed by atoms with Crippen molar-refractivity contribution in [1.82, 2.24) is 10.2 Å². The number of hydrogen-bond acceptors (Lipinski definition) is 3. The van der Waals surface area contributed by atoms with Crippen LogP contribution in [-0.4, -0.2) is 42.1 Å². The monoisotopic (exact) mass is 198 g/mol. The molecule has 1 N–H and O–H groups in total. The van der Waals surface area contributed by atoms with Crippen LogP contribution in [0.25, 0.3) is 0 Å². The number of ether oxygens (including phenoxy) is 1. The molecule has 3 amide bonds. The zero-order chi connectivity index (χ0) is 10.1. The van der Waals surface area contributed by atoms with Crippen LogP contribution in [0.5, 0.6) is 0 Å². The minimum atomic E-state index is -0.288. The fraction of sp³-hybridized carbons (Fsp3) is 0.778. The summed E-state index contributed by atoms with van der Waals surface area (Å²) < 4.78 is 5.51. The van der Waals surface area contributed by atoms with Gasteiger partial charge in [0, 0.05) is 19.6 Å². The summed E-state index contributed by atoms with van der Waals surface area (Å²) in [6, 6.07) is -0.563. The maximum atomic E-state index is 11.3. The van der Waals surface area contributed by atoms with Crippen LogP contribution in [0.1, 0.15) is 19.8 Å². The Balaban J connectivity index is 1.94. The SMILES string of the molecule is CCCO[C@@H]1C[C@H]2C(=O)NC(=O)N2C1. The first kappa shape index (κ1) is 9.45. The molecule has 0 aromatic rings. The van der Waals surface area contributed by atoms with Crippen molar-refractivity contribution < 1.29 is 14.3 Å². The first-order chi connectivity index (χ1) is 6.72. The highest BCUT2D eigenvalue weighted by molar-refractivity contribution is 6.04. The maximum Gasteiger partial charge on any atom is 0.324 e. The summed E-state index contributed by atoms with van der Waals surface area (Å²) in [5.74, 6) is -0.183. The minimum Gasteiger partial charge on any atom is -0.376 e. The number of rotatable bonds is 3. The fourth-order valence-corrected chi connectivity index (χ4v) is 1.94. The lowest BCUT2D eigenvalue weighted by Gasteiger charge is -2.12. The number of amides is 3. The van der Waals surface area contributed by atoms with Crippen LogP contribution >= 0.6 is 0 Å². The van der Waals surface area contributed by atoms with Gasteiger partial charge in [-0.2, -0.15) is 0 Å². The van der Waals surface area contributed by atoms with Crippen LogP contribution in [0.15, 0.2) is 0 Å². The van der Waals surface area contributed by atoms with E-state index < -0.39 is 0 Å². The van der Waals surface area contributed by atoms with Gasteiger partial charge >= 0.3 is 6.03 Å². The molecule has 0 radical (unpaired) electrons. The Morgan fingerprint density at radius 2 is 2.36 bits per heavy atom. The van der Waals surface area contributed by atoms with Crippen LogP contribution in [0, 0.1) is 0 Å². The number of nitrogens with one attached hydrogen (secondary N) is 1. The number of carbonyl (C=O) groups excluding carboxylic acids is 2. The maximum absolute atomic E-state index is 11.3. The third-order valence-corrected chi connectivity index (χ3v) is 2.61. The summed E-state index contributed by atoms with van der Waals surface area (Å²) in [6.07, 6.45) is 1.63.